The summed E-state index contributed by atoms with van der Waals surface area (Å²) < 4.78 is 4.46. The maximum Gasteiger partial charge on any atom is 0.330 e. The lowest BCUT2D eigenvalue weighted by Crippen LogP contribution is -2.15. The van der Waals surface area contributed by atoms with Crippen molar-refractivity contribution < 1.29 is 14.6 Å². The van der Waals surface area contributed by atoms with Crippen LogP contribution in [0.25, 0.3) is 0 Å². The zero-order chi connectivity index (χ0) is 10.6. The summed E-state index contributed by atoms with van der Waals surface area (Å²) in [6.45, 7) is 1.92. The van der Waals surface area contributed by atoms with Gasteiger partial charge in [0.15, 0.2) is 0 Å². The molecule has 3 nitrogen and oxygen atoms in total. The topological polar surface area (TPSA) is 46.5 Å². The van der Waals surface area contributed by atoms with Gasteiger partial charge in [0.1, 0.15) is 0 Å². The Labute approximate surface area is 83.4 Å². The molecule has 1 rings (SSSR count). The molecule has 76 valence electrons. The zero-order valence-electron chi connectivity index (χ0n) is 8.31. The highest BCUT2D eigenvalue weighted by molar-refractivity contribution is 5.82. The van der Waals surface area contributed by atoms with Crippen molar-refractivity contribution in [2.24, 2.45) is 5.92 Å². The number of carbonyl (C=O) groups excluding carboxylic acids is 1. The van der Waals surface area contributed by atoms with Gasteiger partial charge in [-0.25, -0.2) is 4.79 Å². The number of aliphatic hydroxyl groups is 1. The van der Waals surface area contributed by atoms with Gasteiger partial charge in [0.05, 0.1) is 13.2 Å². The second-order valence-electron chi connectivity index (χ2n) is 3.23. The molecule has 14 heavy (non-hydrogen) atoms. The van der Waals surface area contributed by atoms with Crippen molar-refractivity contribution in [3.8, 4) is 0 Å². The zero-order valence-corrected chi connectivity index (χ0v) is 8.31. The van der Waals surface area contributed by atoms with Crippen molar-refractivity contribution >= 4 is 5.97 Å². The summed E-state index contributed by atoms with van der Waals surface area (Å²) in [6.07, 6.45) is 8.01. The number of hydrogen-bond donors (Lipinski definition) is 1. The Morgan fingerprint density at radius 1 is 1.64 bits per heavy atom. The van der Waals surface area contributed by atoms with Crippen LogP contribution in [0.3, 0.4) is 0 Å². The molecule has 0 aromatic rings. The predicted molar refractivity (Wildman–Crippen MR) is 53.5 cm³/mol. The molecule has 0 aliphatic heterocycles. The average Bonchev–Trinajstić information content (AvgIpc) is 2.19. The third kappa shape index (κ3) is 2.85. The molecule has 0 amide bonds. The van der Waals surface area contributed by atoms with E-state index < -0.39 is 6.10 Å². The van der Waals surface area contributed by atoms with Crippen LogP contribution in [-0.2, 0) is 9.53 Å². The van der Waals surface area contributed by atoms with Crippen LogP contribution in [0.15, 0.2) is 36.0 Å². The van der Waals surface area contributed by atoms with E-state index in [4.69, 9.17) is 0 Å². The Balaban J connectivity index is 2.63. The summed E-state index contributed by atoms with van der Waals surface area (Å²) in [5, 5.41) is 9.37. The van der Waals surface area contributed by atoms with Crippen molar-refractivity contribution in [1.29, 1.82) is 0 Å². The molecule has 1 N–H and O–H groups in total. The van der Waals surface area contributed by atoms with Gasteiger partial charge in [0.25, 0.3) is 0 Å². The molecule has 0 fully saturated rings. The first kappa shape index (κ1) is 10.7. The number of hydrogen-bond acceptors (Lipinski definition) is 3. The smallest absolute Gasteiger partial charge is 0.330 e. The number of methoxy groups -OCH3 is 1. The van der Waals surface area contributed by atoms with Crippen LogP contribution in [0.1, 0.15) is 6.92 Å². The molecule has 0 aromatic carbocycles. The van der Waals surface area contributed by atoms with Crippen molar-refractivity contribution in [3.63, 3.8) is 0 Å². The van der Waals surface area contributed by atoms with Crippen LogP contribution in [0.4, 0.5) is 0 Å². The minimum atomic E-state index is -0.426. The second kappa shape index (κ2) is 4.77. The minimum Gasteiger partial charge on any atom is -0.466 e. The monoisotopic (exact) mass is 194 g/mol. The molecule has 2 atom stereocenters. The first-order valence-corrected chi connectivity index (χ1v) is 4.47. The summed E-state index contributed by atoms with van der Waals surface area (Å²) in [5.74, 6) is -0.296. The molecule has 0 radical (unpaired) electrons. The molecule has 0 saturated carbocycles. The van der Waals surface area contributed by atoms with E-state index in [1.54, 1.807) is 18.2 Å². The lowest BCUT2D eigenvalue weighted by atomic mass is 9.95. The fourth-order valence-corrected chi connectivity index (χ4v) is 1.19. The van der Waals surface area contributed by atoms with Crippen LogP contribution in [0, 0.1) is 5.92 Å². The second-order valence-corrected chi connectivity index (χ2v) is 3.23. The van der Waals surface area contributed by atoms with Crippen LogP contribution in [0.2, 0.25) is 0 Å². The molecule has 0 saturated heterocycles. The lowest BCUT2D eigenvalue weighted by molar-refractivity contribution is -0.134. The van der Waals surface area contributed by atoms with Gasteiger partial charge >= 0.3 is 5.97 Å². The summed E-state index contributed by atoms with van der Waals surface area (Å²) in [5.41, 5.74) is 0.910. The van der Waals surface area contributed by atoms with Gasteiger partial charge in [-0.15, -0.1) is 0 Å². The van der Waals surface area contributed by atoms with Crippen LogP contribution in [0.5, 0.6) is 0 Å². The standard InChI is InChI=1S/C11H14O3/c1-8-7-9(3-5-10(8)12)4-6-11(13)14-2/h3-8,10,12H,1-2H3/b6-4+. The fraction of sp³-hybridized carbons (Fsp3) is 0.364. The fourth-order valence-electron chi connectivity index (χ4n) is 1.19. The van der Waals surface area contributed by atoms with Crippen molar-refractivity contribution in [2.45, 2.75) is 13.0 Å². The number of aliphatic hydroxyl groups excluding tert-OH is 1. The normalized spacial score (nSPS) is 26.4. The molecule has 0 spiro atoms. The molecule has 1 aliphatic carbocycles. The number of ether oxygens (including phenoxy) is 1. The van der Waals surface area contributed by atoms with Crippen molar-refractivity contribution in [1.82, 2.24) is 0 Å². The molecule has 3 heteroatoms. The third-order valence-corrected chi connectivity index (χ3v) is 2.09. The van der Waals surface area contributed by atoms with Gasteiger partial charge in [-0.3, -0.25) is 0 Å². The largest absolute Gasteiger partial charge is 0.466 e. The van der Waals surface area contributed by atoms with Gasteiger partial charge in [-0.2, -0.15) is 0 Å². The maximum atomic E-state index is 10.8. The molecule has 0 heterocycles. The summed E-state index contributed by atoms with van der Waals surface area (Å²) >= 11 is 0. The van der Waals surface area contributed by atoms with Crippen LogP contribution >= 0.6 is 0 Å². The Morgan fingerprint density at radius 3 is 2.93 bits per heavy atom. The van der Waals surface area contributed by atoms with E-state index in [1.807, 2.05) is 13.0 Å². The van der Waals surface area contributed by atoms with E-state index in [9.17, 15) is 9.90 Å². The molecule has 1 aliphatic rings. The van der Waals surface area contributed by atoms with Crippen LogP contribution < -0.4 is 0 Å². The highest BCUT2D eigenvalue weighted by Gasteiger charge is 2.12. The number of carbonyl (C=O) groups is 1. The van der Waals surface area contributed by atoms with E-state index in [1.165, 1.54) is 13.2 Å². The predicted octanol–water partition coefficient (Wildman–Crippen LogP) is 1.21. The molecule has 0 aromatic heterocycles. The number of allylic oxidation sites excluding steroid dienone is 3. The van der Waals surface area contributed by atoms with Gasteiger partial charge in [-0.1, -0.05) is 25.2 Å². The first-order valence-electron chi connectivity index (χ1n) is 4.47. The Hall–Kier alpha value is -1.35. The summed E-state index contributed by atoms with van der Waals surface area (Å²) in [7, 11) is 1.34. The SMILES string of the molecule is COC(=O)/C=C/C1=CC(C)C(O)C=C1. The van der Waals surface area contributed by atoms with E-state index in [-0.39, 0.29) is 11.9 Å². The van der Waals surface area contributed by atoms with E-state index in [0.29, 0.717) is 0 Å². The van der Waals surface area contributed by atoms with E-state index in [0.717, 1.165) is 5.57 Å². The lowest BCUT2D eigenvalue weighted by Gasteiger charge is -2.16. The number of rotatable bonds is 2. The van der Waals surface area contributed by atoms with E-state index in [2.05, 4.69) is 4.74 Å². The Kier molecular flexibility index (Phi) is 3.65. The molecular formula is C11H14O3. The first-order chi connectivity index (χ1) is 6.63. The van der Waals surface area contributed by atoms with Gasteiger partial charge in [0.2, 0.25) is 0 Å². The summed E-state index contributed by atoms with van der Waals surface area (Å²) in [6, 6.07) is 0. The quantitative estimate of drug-likeness (QED) is 0.531. The van der Waals surface area contributed by atoms with E-state index >= 15 is 0 Å². The van der Waals surface area contributed by atoms with Gasteiger partial charge in [0, 0.05) is 12.0 Å². The molecule has 0 bridgehead atoms. The summed E-state index contributed by atoms with van der Waals surface area (Å²) in [4.78, 5) is 10.8. The number of esters is 1. The Morgan fingerprint density at radius 2 is 2.36 bits per heavy atom. The molecule has 2 unspecified atom stereocenters. The highest BCUT2D eigenvalue weighted by Crippen LogP contribution is 2.17. The van der Waals surface area contributed by atoms with Gasteiger partial charge in [-0.05, 0) is 11.6 Å². The van der Waals surface area contributed by atoms with Crippen molar-refractivity contribution in [3.05, 3.63) is 36.0 Å². The minimum absolute atomic E-state index is 0.0808. The third-order valence-electron chi connectivity index (χ3n) is 2.09. The molecular weight excluding hydrogens is 180 g/mol. The highest BCUT2D eigenvalue weighted by atomic mass is 16.5. The Bertz CT molecular complexity index is 300. The average molecular weight is 194 g/mol. The van der Waals surface area contributed by atoms with Crippen molar-refractivity contribution in [2.75, 3.05) is 7.11 Å². The van der Waals surface area contributed by atoms with Crippen LogP contribution in [-0.4, -0.2) is 24.3 Å². The maximum absolute atomic E-state index is 10.8. The van der Waals surface area contributed by atoms with Gasteiger partial charge < -0.3 is 9.84 Å².